The van der Waals surface area contributed by atoms with Gasteiger partial charge in [-0.25, -0.2) is 4.39 Å². The first-order chi connectivity index (χ1) is 10.0. The topological polar surface area (TPSA) is 64.3 Å². The molecule has 3 N–H and O–H groups in total. The Kier molecular flexibility index (Phi) is 4.42. The van der Waals surface area contributed by atoms with Gasteiger partial charge < -0.3 is 15.8 Å². The SMILES string of the molecule is COc1ccc(C(C)NC(=O)c2cc(N)ccc2F)cc1. The fraction of sp³-hybridized carbons (Fsp3) is 0.188. The van der Waals surface area contributed by atoms with E-state index in [-0.39, 0.29) is 11.6 Å². The van der Waals surface area contributed by atoms with E-state index in [0.717, 1.165) is 11.3 Å². The lowest BCUT2D eigenvalue weighted by atomic mass is 10.1. The van der Waals surface area contributed by atoms with E-state index in [1.165, 1.54) is 18.2 Å². The number of hydrogen-bond donors (Lipinski definition) is 2. The molecule has 0 saturated heterocycles. The van der Waals surface area contributed by atoms with Gasteiger partial charge in [0.2, 0.25) is 0 Å². The number of nitrogens with one attached hydrogen (secondary N) is 1. The van der Waals surface area contributed by atoms with Gasteiger partial charge in [0.15, 0.2) is 0 Å². The van der Waals surface area contributed by atoms with Gasteiger partial charge in [-0.2, -0.15) is 0 Å². The summed E-state index contributed by atoms with van der Waals surface area (Å²) < 4.78 is 18.7. The maximum atomic E-state index is 13.6. The summed E-state index contributed by atoms with van der Waals surface area (Å²) in [7, 11) is 1.59. The van der Waals surface area contributed by atoms with Gasteiger partial charge in [0.1, 0.15) is 11.6 Å². The predicted octanol–water partition coefficient (Wildman–Crippen LogP) is 2.91. The van der Waals surface area contributed by atoms with E-state index in [0.29, 0.717) is 5.69 Å². The minimum Gasteiger partial charge on any atom is -0.497 e. The molecule has 0 aliphatic rings. The number of anilines is 1. The van der Waals surface area contributed by atoms with E-state index >= 15 is 0 Å². The van der Waals surface area contributed by atoms with Crippen LogP contribution in [0, 0.1) is 5.82 Å². The third kappa shape index (κ3) is 3.51. The number of nitrogen functional groups attached to an aromatic ring is 1. The molecule has 2 aromatic rings. The second-order valence-corrected chi connectivity index (χ2v) is 4.71. The summed E-state index contributed by atoms with van der Waals surface area (Å²) in [6.45, 7) is 1.82. The van der Waals surface area contributed by atoms with Crippen molar-refractivity contribution in [3.8, 4) is 5.75 Å². The van der Waals surface area contributed by atoms with Crippen molar-refractivity contribution in [2.24, 2.45) is 0 Å². The van der Waals surface area contributed by atoms with Gasteiger partial charge >= 0.3 is 0 Å². The lowest BCUT2D eigenvalue weighted by Crippen LogP contribution is -2.27. The highest BCUT2D eigenvalue weighted by Crippen LogP contribution is 2.19. The standard InChI is InChI=1S/C16H17FN2O2/c1-10(11-3-6-13(21-2)7-4-11)19-16(20)14-9-12(18)5-8-15(14)17/h3-10H,18H2,1-2H3,(H,19,20). The lowest BCUT2D eigenvalue weighted by Gasteiger charge is -2.15. The largest absolute Gasteiger partial charge is 0.497 e. The molecule has 0 bridgehead atoms. The van der Waals surface area contributed by atoms with Crippen LogP contribution in [-0.4, -0.2) is 13.0 Å². The first-order valence-corrected chi connectivity index (χ1v) is 6.51. The molecular formula is C16H17FN2O2. The van der Waals surface area contributed by atoms with E-state index in [2.05, 4.69) is 5.32 Å². The number of hydrogen-bond acceptors (Lipinski definition) is 3. The number of benzene rings is 2. The predicted molar refractivity (Wildman–Crippen MR) is 79.7 cm³/mol. The molecule has 0 aliphatic carbocycles. The Morgan fingerprint density at radius 1 is 1.24 bits per heavy atom. The Hall–Kier alpha value is -2.56. The zero-order valence-corrected chi connectivity index (χ0v) is 11.9. The number of halogens is 1. The van der Waals surface area contributed by atoms with Crippen LogP contribution in [0.3, 0.4) is 0 Å². The molecular weight excluding hydrogens is 271 g/mol. The van der Waals surface area contributed by atoms with Gasteiger partial charge in [0.05, 0.1) is 18.7 Å². The van der Waals surface area contributed by atoms with Crippen LogP contribution in [0.1, 0.15) is 28.9 Å². The Morgan fingerprint density at radius 3 is 2.52 bits per heavy atom. The zero-order valence-electron chi connectivity index (χ0n) is 11.9. The fourth-order valence-corrected chi connectivity index (χ4v) is 1.97. The molecule has 0 radical (unpaired) electrons. The number of carbonyl (C=O) groups excluding carboxylic acids is 1. The highest BCUT2D eigenvalue weighted by atomic mass is 19.1. The van der Waals surface area contributed by atoms with Gasteiger partial charge in [-0.3, -0.25) is 4.79 Å². The van der Waals surface area contributed by atoms with Crippen molar-refractivity contribution in [3.05, 3.63) is 59.4 Å². The summed E-state index contributed by atoms with van der Waals surface area (Å²) in [4.78, 5) is 12.1. The Bertz CT molecular complexity index is 641. The van der Waals surface area contributed by atoms with Crippen LogP contribution in [-0.2, 0) is 0 Å². The second kappa shape index (κ2) is 6.26. The van der Waals surface area contributed by atoms with Gasteiger partial charge in [0, 0.05) is 5.69 Å². The minimum atomic E-state index is -0.594. The molecule has 0 aromatic heterocycles. The first kappa shape index (κ1) is 14.8. The summed E-state index contributed by atoms with van der Waals surface area (Å²) >= 11 is 0. The van der Waals surface area contributed by atoms with Crippen LogP contribution in [0.5, 0.6) is 5.75 Å². The maximum absolute atomic E-state index is 13.6. The number of methoxy groups -OCH3 is 1. The molecule has 4 nitrogen and oxygen atoms in total. The van der Waals surface area contributed by atoms with Gasteiger partial charge in [-0.1, -0.05) is 12.1 Å². The smallest absolute Gasteiger partial charge is 0.254 e. The fourth-order valence-electron chi connectivity index (χ4n) is 1.97. The number of amides is 1. The van der Waals surface area contributed by atoms with Crippen LogP contribution < -0.4 is 15.8 Å². The second-order valence-electron chi connectivity index (χ2n) is 4.71. The number of rotatable bonds is 4. The van der Waals surface area contributed by atoms with Crippen molar-refractivity contribution in [2.45, 2.75) is 13.0 Å². The Morgan fingerprint density at radius 2 is 1.90 bits per heavy atom. The Labute approximate surface area is 122 Å². The van der Waals surface area contributed by atoms with E-state index < -0.39 is 11.7 Å². The number of ether oxygens (including phenoxy) is 1. The van der Waals surface area contributed by atoms with Crippen LogP contribution in [0.25, 0.3) is 0 Å². The molecule has 2 rings (SSSR count). The monoisotopic (exact) mass is 288 g/mol. The molecule has 1 amide bonds. The van der Waals surface area contributed by atoms with Crippen molar-refractivity contribution >= 4 is 11.6 Å². The molecule has 0 saturated carbocycles. The number of carbonyl (C=O) groups is 1. The molecule has 5 heteroatoms. The maximum Gasteiger partial charge on any atom is 0.254 e. The summed E-state index contributed by atoms with van der Waals surface area (Å²) in [6, 6.07) is 11.0. The molecule has 110 valence electrons. The van der Waals surface area contributed by atoms with Crippen molar-refractivity contribution in [2.75, 3.05) is 12.8 Å². The number of nitrogens with two attached hydrogens (primary N) is 1. The average Bonchev–Trinajstić information content (AvgIpc) is 2.49. The normalized spacial score (nSPS) is 11.8. The van der Waals surface area contributed by atoms with Crippen LogP contribution in [0.15, 0.2) is 42.5 Å². The quantitative estimate of drug-likeness (QED) is 0.850. The van der Waals surface area contributed by atoms with Gasteiger partial charge in [0.25, 0.3) is 5.91 Å². The van der Waals surface area contributed by atoms with Crippen molar-refractivity contribution in [3.63, 3.8) is 0 Å². The van der Waals surface area contributed by atoms with Crippen molar-refractivity contribution < 1.29 is 13.9 Å². The highest BCUT2D eigenvalue weighted by Gasteiger charge is 2.15. The Balaban J connectivity index is 2.12. The van der Waals surface area contributed by atoms with Crippen molar-refractivity contribution in [1.29, 1.82) is 0 Å². The van der Waals surface area contributed by atoms with Crippen LogP contribution in [0.4, 0.5) is 10.1 Å². The summed E-state index contributed by atoms with van der Waals surface area (Å²) in [5.74, 6) is -0.356. The van der Waals surface area contributed by atoms with Crippen LogP contribution in [0.2, 0.25) is 0 Å². The molecule has 21 heavy (non-hydrogen) atoms. The molecule has 1 unspecified atom stereocenters. The molecule has 0 spiro atoms. The molecule has 0 aliphatic heterocycles. The van der Waals surface area contributed by atoms with E-state index in [1.54, 1.807) is 19.2 Å². The average molecular weight is 288 g/mol. The summed E-state index contributed by atoms with van der Waals surface area (Å²) in [6.07, 6.45) is 0. The third-order valence-corrected chi connectivity index (χ3v) is 3.20. The molecule has 0 fully saturated rings. The van der Waals surface area contributed by atoms with Crippen LogP contribution >= 0.6 is 0 Å². The third-order valence-electron chi connectivity index (χ3n) is 3.20. The van der Waals surface area contributed by atoms with E-state index in [9.17, 15) is 9.18 Å². The first-order valence-electron chi connectivity index (χ1n) is 6.51. The summed E-state index contributed by atoms with van der Waals surface area (Å²) in [5.41, 5.74) is 6.76. The van der Waals surface area contributed by atoms with Gasteiger partial charge in [-0.05, 0) is 42.8 Å². The van der Waals surface area contributed by atoms with E-state index in [4.69, 9.17) is 10.5 Å². The molecule has 2 aromatic carbocycles. The zero-order chi connectivity index (χ0) is 15.4. The van der Waals surface area contributed by atoms with Crippen molar-refractivity contribution in [1.82, 2.24) is 5.32 Å². The highest BCUT2D eigenvalue weighted by molar-refractivity contribution is 5.95. The van der Waals surface area contributed by atoms with E-state index in [1.807, 2.05) is 19.1 Å². The summed E-state index contributed by atoms with van der Waals surface area (Å²) in [5, 5.41) is 2.74. The van der Waals surface area contributed by atoms with Gasteiger partial charge in [-0.15, -0.1) is 0 Å². The molecule has 0 heterocycles. The molecule has 1 atom stereocenters. The lowest BCUT2D eigenvalue weighted by molar-refractivity contribution is 0.0936. The minimum absolute atomic E-state index is 0.0599.